The second-order valence-electron chi connectivity index (χ2n) is 9.00. The molecule has 5 nitrogen and oxygen atoms in total. The van der Waals surface area contributed by atoms with Crippen LogP contribution in [0.15, 0.2) is 47.6 Å². The highest BCUT2D eigenvalue weighted by Crippen LogP contribution is 2.65. The van der Waals surface area contributed by atoms with Crippen LogP contribution in [-0.4, -0.2) is 27.6 Å². The Bertz CT molecular complexity index is 1130. The average Bonchev–Trinajstić information content (AvgIpc) is 3.46. The predicted molar refractivity (Wildman–Crippen MR) is 122 cm³/mol. The van der Waals surface area contributed by atoms with Crippen LogP contribution >= 0.6 is 22.6 Å². The van der Waals surface area contributed by atoms with Gasteiger partial charge in [-0.25, -0.2) is 0 Å². The van der Waals surface area contributed by atoms with E-state index >= 15 is 0 Å². The van der Waals surface area contributed by atoms with Gasteiger partial charge in [0.05, 0.1) is 23.7 Å². The van der Waals surface area contributed by atoms with Gasteiger partial charge in [0.15, 0.2) is 0 Å². The van der Waals surface area contributed by atoms with Gasteiger partial charge < -0.3 is 4.57 Å². The fourth-order valence-electron chi connectivity index (χ4n) is 6.10. The Balaban J connectivity index is 1.32. The maximum absolute atomic E-state index is 13.1. The lowest BCUT2D eigenvalue weighted by Gasteiger charge is -2.37. The first-order valence-corrected chi connectivity index (χ1v) is 11.6. The lowest BCUT2D eigenvalue weighted by molar-refractivity contribution is -0.140. The number of carbonyl (C=O) groups excluding carboxylic acids is 2. The Morgan fingerprint density at radius 3 is 2.30 bits per heavy atom. The quantitative estimate of drug-likeness (QED) is 0.270. The summed E-state index contributed by atoms with van der Waals surface area (Å²) in [6, 6.07) is 10.3. The number of amides is 2. The second-order valence-corrected chi connectivity index (χ2v) is 10.2. The van der Waals surface area contributed by atoms with Crippen molar-refractivity contribution >= 4 is 40.6 Å². The molecule has 1 aromatic heterocycles. The fraction of sp³-hybridized carbons (Fsp3) is 0.375. The minimum atomic E-state index is -0.202. The summed E-state index contributed by atoms with van der Waals surface area (Å²) < 4.78 is 3.35. The van der Waals surface area contributed by atoms with Gasteiger partial charge in [0, 0.05) is 20.5 Å². The van der Waals surface area contributed by atoms with Gasteiger partial charge in [-0.15, -0.1) is 0 Å². The Morgan fingerprint density at radius 2 is 1.67 bits per heavy atom. The first-order valence-electron chi connectivity index (χ1n) is 10.5. The summed E-state index contributed by atoms with van der Waals surface area (Å²) in [6.07, 6.45) is 7.22. The van der Waals surface area contributed by atoms with Crippen molar-refractivity contribution in [3.63, 3.8) is 0 Å². The number of benzene rings is 1. The molecule has 0 spiro atoms. The highest BCUT2D eigenvalue weighted by molar-refractivity contribution is 14.1. The van der Waals surface area contributed by atoms with E-state index in [1.807, 2.05) is 19.1 Å². The van der Waals surface area contributed by atoms with E-state index in [0.717, 1.165) is 31.2 Å². The van der Waals surface area contributed by atoms with E-state index in [9.17, 15) is 9.59 Å². The van der Waals surface area contributed by atoms with Crippen LogP contribution in [0.1, 0.15) is 23.4 Å². The summed E-state index contributed by atoms with van der Waals surface area (Å²) in [7, 11) is 0. The third-order valence-electron chi connectivity index (χ3n) is 7.52. The normalized spacial score (nSPS) is 33.5. The molecule has 2 saturated carbocycles. The Labute approximate surface area is 189 Å². The van der Waals surface area contributed by atoms with Gasteiger partial charge in [-0.3, -0.25) is 9.59 Å². The number of aromatic nitrogens is 1. The fourth-order valence-corrected chi connectivity index (χ4v) is 6.73. The number of nitrogens with zero attached hydrogens (tertiary/aromatic N) is 3. The molecule has 2 aromatic rings. The lowest BCUT2D eigenvalue weighted by atomic mass is 9.63. The number of carbonyl (C=O) groups is 2. The monoisotopic (exact) mass is 511 g/mol. The van der Waals surface area contributed by atoms with E-state index in [2.05, 4.69) is 69.5 Å². The zero-order chi connectivity index (χ0) is 20.7. The van der Waals surface area contributed by atoms with Crippen molar-refractivity contribution in [2.45, 2.75) is 20.3 Å². The topological polar surface area (TPSA) is 54.7 Å². The third-order valence-corrected chi connectivity index (χ3v) is 8.43. The van der Waals surface area contributed by atoms with Crippen molar-refractivity contribution in [2.75, 3.05) is 0 Å². The van der Waals surface area contributed by atoms with E-state index in [4.69, 9.17) is 0 Å². The Kier molecular flexibility index (Phi) is 3.95. The highest BCUT2D eigenvalue weighted by Gasteiger charge is 2.67. The third kappa shape index (κ3) is 2.43. The van der Waals surface area contributed by atoms with Crippen LogP contribution in [0, 0.1) is 52.9 Å². The summed E-state index contributed by atoms with van der Waals surface area (Å²) in [5, 5.41) is 5.57. The number of halogens is 1. The average molecular weight is 511 g/mol. The van der Waals surface area contributed by atoms with Crippen molar-refractivity contribution in [3.05, 3.63) is 63.0 Å². The second kappa shape index (κ2) is 6.39. The Hall–Kier alpha value is -2.22. The number of hydrogen-bond acceptors (Lipinski definition) is 3. The molecule has 7 rings (SSSR count). The summed E-state index contributed by atoms with van der Waals surface area (Å²) >= 11 is 2.34. The lowest BCUT2D eigenvalue weighted by Crippen LogP contribution is -2.40. The van der Waals surface area contributed by atoms with Crippen molar-refractivity contribution < 1.29 is 9.59 Å². The van der Waals surface area contributed by atoms with Gasteiger partial charge in [0.2, 0.25) is 0 Å². The standard InChI is InChI=1S/C24H22IN3O2/c1-12-9-14(13(2)27(12)20-6-4-3-5-19(20)25)11-26-28-23(29)21-15-7-8-16(18-10-17(15)18)22(21)24(28)30/h3-9,11,15-18,21-22H,10H2,1-2H3/b26-11-/t15-,16-,17-,18-,21+,22+/m0/s1. The number of imide groups is 1. The molecule has 152 valence electrons. The van der Waals surface area contributed by atoms with Crippen LogP contribution in [0.2, 0.25) is 0 Å². The summed E-state index contributed by atoms with van der Waals surface area (Å²) in [5.74, 6) is 1.04. The van der Waals surface area contributed by atoms with Gasteiger partial charge in [-0.2, -0.15) is 10.1 Å². The molecular formula is C24H22IN3O2. The van der Waals surface area contributed by atoms with Crippen LogP contribution in [-0.2, 0) is 9.59 Å². The minimum absolute atomic E-state index is 0.114. The van der Waals surface area contributed by atoms with Gasteiger partial charge in [-0.05, 0) is 84.7 Å². The van der Waals surface area contributed by atoms with E-state index in [-0.39, 0.29) is 35.5 Å². The molecule has 3 fully saturated rings. The summed E-state index contributed by atoms with van der Waals surface area (Å²) in [6.45, 7) is 4.10. The van der Waals surface area contributed by atoms with Crippen molar-refractivity contribution in [1.82, 2.24) is 9.58 Å². The van der Waals surface area contributed by atoms with Crippen LogP contribution in [0.3, 0.4) is 0 Å². The molecule has 4 aliphatic carbocycles. The van der Waals surface area contributed by atoms with E-state index in [1.54, 1.807) is 6.21 Å². The number of para-hydroxylation sites is 1. The number of aryl methyl sites for hydroxylation is 1. The molecular weight excluding hydrogens is 489 g/mol. The van der Waals surface area contributed by atoms with E-state index in [0.29, 0.717) is 11.8 Å². The maximum Gasteiger partial charge on any atom is 0.254 e. The van der Waals surface area contributed by atoms with Crippen LogP contribution in [0.5, 0.6) is 0 Å². The largest absolute Gasteiger partial charge is 0.317 e. The minimum Gasteiger partial charge on any atom is -0.317 e. The molecule has 2 amide bonds. The van der Waals surface area contributed by atoms with E-state index < -0.39 is 0 Å². The zero-order valence-electron chi connectivity index (χ0n) is 16.8. The highest BCUT2D eigenvalue weighted by atomic mass is 127. The summed E-state index contributed by atoms with van der Waals surface area (Å²) in [5.41, 5.74) is 4.17. The number of hydrogen-bond donors (Lipinski definition) is 0. The predicted octanol–water partition coefficient (Wildman–Crippen LogP) is 4.09. The molecule has 1 aliphatic heterocycles. The van der Waals surface area contributed by atoms with Gasteiger partial charge in [0.25, 0.3) is 11.8 Å². The molecule has 2 bridgehead atoms. The first kappa shape index (κ1) is 18.5. The van der Waals surface area contributed by atoms with Crippen LogP contribution < -0.4 is 0 Å². The molecule has 5 aliphatic rings. The van der Waals surface area contributed by atoms with Gasteiger partial charge in [0.1, 0.15) is 0 Å². The molecule has 6 atom stereocenters. The molecule has 0 radical (unpaired) electrons. The zero-order valence-corrected chi connectivity index (χ0v) is 19.0. The summed E-state index contributed by atoms with van der Waals surface area (Å²) in [4.78, 5) is 26.2. The van der Waals surface area contributed by atoms with Crippen LogP contribution in [0.25, 0.3) is 5.69 Å². The van der Waals surface area contributed by atoms with Crippen molar-refractivity contribution in [1.29, 1.82) is 0 Å². The molecule has 0 N–H and O–H groups in total. The van der Waals surface area contributed by atoms with Gasteiger partial charge in [-0.1, -0.05) is 24.3 Å². The van der Waals surface area contributed by atoms with Crippen LogP contribution in [0.4, 0.5) is 0 Å². The smallest absolute Gasteiger partial charge is 0.254 e. The van der Waals surface area contributed by atoms with E-state index in [1.165, 1.54) is 6.42 Å². The molecule has 0 unspecified atom stereocenters. The molecule has 1 aromatic carbocycles. The van der Waals surface area contributed by atoms with Crippen molar-refractivity contribution in [3.8, 4) is 5.69 Å². The molecule has 6 heteroatoms. The number of allylic oxidation sites excluding steroid dienone is 2. The first-order chi connectivity index (χ1) is 14.5. The maximum atomic E-state index is 13.1. The molecule has 2 heterocycles. The van der Waals surface area contributed by atoms with Gasteiger partial charge >= 0.3 is 0 Å². The van der Waals surface area contributed by atoms with Crippen molar-refractivity contribution in [2.24, 2.45) is 40.6 Å². The molecule has 1 saturated heterocycles. The number of hydrazone groups is 1. The SMILES string of the molecule is Cc1cc(/C=N\N2C(=O)[C@@H]3[C@H]4C=C[C@@H]([C@@H]5C[C@@H]45)[C@H]3C2=O)c(C)n1-c1ccccc1I. The molecule has 30 heavy (non-hydrogen) atoms. The number of rotatable bonds is 3. The Morgan fingerprint density at radius 1 is 1.03 bits per heavy atom.